The molecule has 0 aliphatic carbocycles. The zero-order valence-electron chi connectivity index (χ0n) is 21.2. The number of benzene rings is 1. The Morgan fingerprint density at radius 1 is 1.25 bits per heavy atom. The number of nitrogens with zero attached hydrogens (tertiary/aromatic N) is 4. The van der Waals surface area contributed by atoms with E-state index in [4.69, 9.17) is 15.0 Å². The fraction of sp³-hybridized carbons (Fsp3) is 0.654. The predicted molar refractivity (Wildman–Crippen MR) is 132 cm³/mol. The summed E-state index contributed by atoms with van der Waals surface area (Å²) in [7, 11) is 0. The maximum atomic E-state index is 14.6. The fourth-order valence-corrected chi connectivity index (χ4v) is 4.82. The van der Waals surface area contributed by atoms with Crippen LogP contribution >= 0.6 is 0 Å². The van der Waals surface area contributed by atoms with E-state index < -0.39 is 18.0 Å². The monoisotopic (exact) mass is 505 g/mol. The van der Waals surface area contributed by atoms with Gasteiger partial charge in [-0.25, -0.2) is 8.78 Å². The van der Waals surface area contributed by atoms with Gasteiger partial charge < -0.3 is 24.8 Å². The summed E-state index contributed by atoms with van der Waals surface area (Å²) in [6, 6.07) is 4.38. The molecule has 0 unspecified atom stereocenters. The second-order valence-corrected chi connectivity index (χ2v) is 10.2. The molecule has 8 nitrogen and oxygen atoms in total. The third-order valence-corrected chi connectivity index (χ3v) is 7.08. The summed E-state index contributed by atoms with van der Waals surface area (Å²) in [4.78, 5) is 20.4. The molecule has 2 N–H and O–H groups in total. The molecule has 4 rings (SSSR count). The van der Waals surface area contributed by atoms with Gasteiger partial charge in [-0.05, 0) is 56.1 Å². The van der Waals surface area contributed by atoms with Crippen LogP contribution in [0.1, 0.15) is 63.3 Å². The normalized spacial score (nSPS) is 19.8. The first-order valence-corrected chi connectivity index (χ1v) is 13.0. The highest BCUT2D eigenvalue weighted by Crippen LogP contribution is 2.26. The lowest BCUT2D eigenvalue weighted by Gasteiger charge is -2.30. The molecular formula is C26H37F2N5O3. The second kappa shape index (κ2) is 12.0. The fourth-order valence-electron chi connectivity index (χ4n) is 4.82. The van der Waals surface area contributed by atoms with Crippen LogP contribution in [-0.2, 0) is 11.2 Å². The summed E-state index contributed by atoms with van der Waals surface area (Å²) >= 11 is 0. The zero-order valence-corrected chi connectivity index (χ0v) is 21.2. The minimum atomic E-state index is -1.00. The molecule has 3 heterocycles. The van der Waals surface area contributed by atoms with Gasteiger partial charge in [0.1, 0.15) is 17.7 Å². The number of hydrogen-bond acceptors (Lipinski definition) is 7. The Labute approximate surface area is 211 Å². The molecule has 36 heavy (non-hydrogen) atoms. The first kappa shape index (κ1) is 26.3. The minimum absolute atomic E-state index is 0.0682. The molecule has 0 bridgehead atoms. The number of likely N-dealkylation sites (tertiary alicyclic amines) is 1. The van der Waals surface area contributed by atoms with Crippen LogP contribution < -0.4 is 15.4 Å². The Morgan fingerprint density at radius 2 is 2.03 bits per heavy atom. The van der Waals surface area contributed by atoms with E-state index in [0.29, 0.717) is 42.8 Å². The summed E-state index contributed by atoms with van der Waals surface area (Å²) in [5.74, 6) is 1.27. The molecule has 0 spiro atoms. The first-order valence-electron chi connectivity index (χ1n) is 13.0. The van der Waals surface area contributed by atoms with E-state index in [1.807, 2.05) is 13.8 Å². The molecule has 1 aromatic heterocycles. The summed E-state index contributed by atoms with van der Waals surface area (Å²) < 4.78 is 39.1. The standard InChI is InChI=1S/C26H37F2N5O3/c1-17(2)24-30-26(36-31-24)32-10-7-18(8-11-32)4-3-13-35-21-6-5-19(22(28)15-21)14-23(29)25(34)33-12-9-20(27)16-33/h5-6,15,17-18,20,23H,3-4,7-14,16,29H2,1-2H3/t20-,23-/m0/s1. The number of ether oxygens (including phenoxy) is 1. The third kappa shape index (κ3) is 6.72. The molecule has 2 aromatic rings. The van der Waals surface area contributed by atoms with Crippen LogP contribution in [0.15, 0.2) is 22.7 Å². The molecular weight excluding hydrogens is 468 g/mol. The average molecular weight is 506 g/mol. The number of hydrogen-bond donors (Lipinski definition) is 1. The number of aromatic nitrogens is 2. The van der Waals surface area contributed by atoms with Gasteiger partial charge >= 0.3 is 6.01 Å². The number of amides is 1. The van der Waals surface area contributed by atoms with Gasteiger partial charge in [-0.2, -0.15) is 4.98 Å². The van der Waals surface area contributed by atoms with Gasteiger partial charge in [-0.3, -0.25) is 4.79 Å². The van der Waals surface area contributed by atoms with E-state index >= 15 is 0 Å². The Balaban J connectivity index is 1.15. The molecule has 2 aliphatic heterocycles. The number of piperidine rings is 1. The number of halogens is 2. The Morgan fingerprint density at radius 3 is 2.67 bits per heavy atom. The van der Waals surface area contributed by atoms with Crippen LogP contribution in [0.25, 0.3) is 0 Å². The van der Waals surface area contributed by atoms with Crippen molar-refractivity contribution < 1.29 is 22.8 Å². The van der Waals surface area contributed by atoms with Crippen molar-refractivity contribution in [1.29, 1.82) is 0 Å². The van der Waals surface area contributed by atoms with Crippen molar-refractivity contribution in [1.82, 2.24) is 15.0 Å². The van der Waals surface area contributed by atoms with Crippen molar-refractivity contribution in [2.75, 3.05) is 37.7 Å². The van der Waals surface area contributed by atoms with Gasteiger partial charge in [-0.1, -0.05) is 25.1 Å². The van der Waals surface area contributed by atoms with E-state index in [1.165, 1.54) is 11.0 Å². The van der Waals surface area contributed by atoms with Crippen molar-refractivity contribution in [3.8, 4) is 5.75 Å². The third-order valence-electron chi connectivity index (χ3n) is 7.08. The maximum absolute atomic E-state index is 14.6. The van der Waals surface area contributed by atoms with E-state index in [-0.39, 0.29) is 24.8 Å². The quantitative estimate of drug-likeness (QED) is 0.490. The van der Waals surface area contributed by atoms with E-state index in [1.54, 1.807) is 12.1 Å². The smallest absolute Gasteiger partial charge is 0.324 e. The van der Waals surface area contributed by atoms with Crippen molar-refractivity contribution in [3.05, 3.63) is 35.4 Å². The summed E-state index contributed by atoms with van der Waals surface area (Å²) in [5.41, 5.74) is 6.33. The molecule has 1 amide bonds. The highest BCUT2D eigenvalue weighted by atomic mass is 19.1. The van der Waals surface area contributed by atoms with Crippen LogP contribution in [0.4, 0.5) is 14.8 Å². The highest BCUT2D eigenvalue weighted by molar-refractivity contribution is 5.82. The van der Waals surface area contributed by atoms with E-state index in [2.05, 4.69) is 15.0 Å². The Bertz CT molecular complexity index is 1010. The molecule has 1 aromatic carbocycles. The molecule has 10 heteroatoms. The van der Waals surface area contributed by atoms with E-state index in [0.717, 1.165) is 44.6 Å². The van der Waals surface area contributed by atoms with Crippen LogP contribution in [0.3, 0.4) is 0 Å². The van der Waals surface area contributed by atoms with Gasteiger partial charge in [0.2, 0.25) is 5.91 Å². The first-order chi connectivity index (χ1) is 17.3. The lowest BCUT2D eigenvalue weighted by atomic mass is 9.92. The van der Waals surface area contributed by atoms with Gasteiger partial charge in [0.15, 0.2) is 5.82 Å². The van der Waals surface area contributed by atoms with Crippen molar-refractivity contribution >= 4 is 11.9 Å². The molecule has 2 atom stereocenters. The molecule has 2 fully saturated rings. The van der Waals surface area contributed by atoms with Crippen LogP contribution in [0.5, 0.6) is 5.75 Å². The number of carbonyl (C=O) groups excluding carboxylic acids is 1. The minimum Gasteiger partial charge on any atom is -0.493 e. The van der Waals surface area contributed by atoms with Crippen molar-refractivity contribution in [2.24, 2.45) is 11.7 Å². The van der Waals surface area contributed by atoms with Gasteiger partial charge in [0.05, 0.1) is 19.2 Å². The Hall–Kier alpha value is -2.75. The van der Waals surface area contributed by atoms with Crippen LogP contribution in [0, 0.1) is 11.7 Å². The van der Waals surface area contributed by atoms with Crippen molar-refractivity contribution in [2.45, 2.75) is 70.5 Å². The molecule has 0 saturated carbocycles. The lowest BCUT2D eigenvalue weighted by Crippen LogP contribution is -2.44. The Kier molecular flexibility index (Phi) is 8.77. The van der Waals surface area contributed by atoms with Crippen molar-refractivity contribution in [3.63, 3.8) is 0 Å². The SMILES string of the molecule is CC(C)c1noc(N2CCC(CCCOc3ccc(C[C@H](N)C(=O)N4CC[C@H](F)C4)c(F)c3)CC2)n1. The number of nitrogens with two attached hydrogens (primary N) is 1. The van der Waals surface area contributed by atoms with Gasteiger partial charge in [0, 0.05) is 31.6 Å². The molecule has 0 radical (unpaired) electrons. The topological polar surface area (TPSA) is 97.7 Å². The van der Waals surface area contributed by atoms with Crippen LogP contribution in [0.2, 0.25) is 0 Å². The lowest BCUT2D eigenvalue weighted by molar-refractivity contribution is -0.131. The highest BCUT2D eigenvalue weighted by Gasteiger charge is 2.29. The maximum Gasteiger partial charge on any atom is 0.324 e. The summed E-state index contributed by atoms with van der Waals surface area (Å²) in [6.07, 6.45) is 3.45. The van der Waals surface area contributed by atoms with Gasteiger partial charge in [-0.15, -0.1) is 0 Å². The zero-order chi connectivity index (χ0) is 25.7. The number of anilines is 1. The summed E-state index contributed by atoms with van der Waals surface area (Å²) in [5, 5.41) is 4.04. The average Bonchev–Trinajstić information content (AvgIpc) is 3.53. The van der Waals surface area contributed by atoms with E-state index in [9.17, 15) is 13.6 Å². The second-order valence-electron chi connectivity index (χ2n) is 10.2. The summed E-state index contributed by atoms with van der Waals surface area (Å²) in [6.45, 7) is 6.83. The number of alkyl halides is 1. The number of carbonyl (C=O) groups is 1. The molecule has 198 valence electrons. The number of rotatable bonds is 10. The molecule has 2 saturated heterocycles. The predicted octanol–water partition coefficient (Wildman–Crippen LogP) is 3.85. The molecule has 2 aliphatic rings. The van der Waals surface area contributed by atoms with Gasteiger partial charge in [0.25, 0.3) is 0 Å². The van der Waals surface area contributed by atoms with Crippen LogP contribution in [-0.4, -0.2) is 65.9 Å². The largest absolute Gasteiger partial charge is 0.493 e.